The Kier molecular flexibility index (Phi) is 4.57. The van der Waals surface area contributed by atoms with E-state index < -0.39 is 5.69 Å². The molecule has 2 aromatic heterocycles. The van der Waals surface area contributed by atoms with E-state index in [1.807, 2.05) is 54.6 Å². The van der Waals surface area contributed by atoms with Crippen LogP contribution >= 0.6 is 0 Å². The number of benzene rings is 2. The van der Waals surface area contributed by atoms with Crippen LogP contribution < -0.4 is 16.0 Å². The molecule has 0 bridgehead atoms. The van der Waals surface area contributed by atoms with Crippen molar-refractivity contribution in [3.63, 3.8) is 0 Å². The lowest BCUT2D eigenvalue weighted by molar-refractivity contribution is 0.306. The normalized spacial score (nSPS) is 11.1. The van der Waals surface area contributed by atoms with Crippen molar-refractivity contribution in [2.75, 3.05) is 0 Å². The van der Waals surface area contributed by atoms with Gasteiger partial charge in [0.15, 0.2) is 5.65 Å². The molecule has 2 aromatic carbocycles. The number of hydrogen-bond donors (Lipinski definition) is 1. The highest BCUT2D eigenvalue weighted by molar-refractivity contribution is 5.69. The molecule has 7 heteroatoms. The van der Waals surface area contributed by atoms with Crippen LogP contribution in [0.4, 0.5) is 0 Å². The molecule has 0 atom stereocenters. The van der Waals surface area contributed by atoms with Crippen LogP contribution in [0.3, 0.4) is 0 Å². The van der Waals surface area contributed by atoms with Gasteiger partial charge in [-0.15, -0.1) is 0 Å². The largest absolute Gasteiger partial charge is 0.489 e. The Morgan fingerprint density at radius 2 is 1.64 bits per heavy atom. The van der Waals surface area contributed by atoms with Gasteiger partial charge in [0.1, 0.15) is 23.7 Å². The van der Waals surface area contributed by atoms with Crippen molar-refractivity contribution in [3.05, 3.63) is 92.4 Å². The number of hydrogen-bond acceptors (Lipinski definition) is 4. The van der Waals surface area contributed by atoms with Crippen molar-refractivity contribution >= 4 is 11.2 Å². The highest BCUT2D eigenvalue weighted by Crippen LogP contribution is 2.16. The maximum atomic E-state index is 12.3. The summed E-state index contributed by atoms with van der Waals surface area (Å²) in [5.74, 6) is 1.42. The number of aryl methyl sites for hydroxylation is 1. The predicted octanol–water partition coefficient (Wildman–Crippen LogP) is 2.13. The zero-order valence-electron chi connectivity index (χ0n) is 15.7. The van der Waals surface area contributed by atoms with Gasteiger partial charge in [-0.05, 0) is 23.3 Å². The molecule has 0 fully saturated rings. The van der Waals surface area contributed by atoms with E-state index in [2.05, 4.69) is 9.97 Å². The Balaban J connectivity index is 1.52. The maximum Gasteiger partial charge on any atom is 0.332 e. The molecule has 7 nitrogen and oxygen atoms in total. The Morgan fingerprint density at radius 3 is 2.36 bits per heavy atom. The van der Waals surface area contributed by atoms with Crippen LogP contribution in [0.25, 0.3) is 11.2 Å². The van der Waals surface area contributed by atoms with Crippen LogP contribution in [-0.2, 0) is 27.1 Å². The van der Waals surface area contributed by atoms with Gasteiger partial charge in [-0.3, -0.25) is 13.9 Å². The van der Waals surface area contributed by atoms with Gasteiger partial charge in [0.2, 0.25) is 0 Å². The monoisotopic (exact) mass is 376 g/mol. The number of aromatic nitrogens is 4. The predicted molar refractivity (Wildman–Crippen MR) is 107 cm³/mol. The molecular weight excluding hydrogens is 356 g/mol. The Hall–Kier alpha value is -3.61. The molecule has 28 heavy (non-hydrogen) atoms. The quantitative estimate of drug-likeness (QED) is 0.579. The van der Waals surface area contributed by atoms with Crippen LogP contribution in [0.2, 0.25) is 0 Å². The number of fused-ring (bicyclic) bond motifs is 1. The smallest absolute Gasteiger partial charge is 0.332 e. The second-order valence-corrected chi connectivity index (χ2v) is 6.68. The number of nitrogens with one attached hydrogen (secondary N) is 1. The van der Waals surface area contributed by atoms with E-state index in [0.717, 1.165) is 21.4 Å². The van der Waals surface area contributed by atoms with Crippen molar-refractivity contribution in [1.29, 1.82) is 0 Å². The molecule has 0 saturated carbocycles. The van der Waals surface area contributed by atoms with Gasteiger partial charge in [0.05, 0.1) is 0 Å². The second-order valence-electron chi connectivity index (χ2n) is 6.68. The molecule has 0 aliphatic rings. The second kappa shape index (κ2) is 7.19. The van der Waals surface area contributed by atoms with Crippen molar-refractivity contribution in [1.82, 2.24) is 19.1 Å². The van der Waals surface area contributed by atoms with Gasteiger partial charge in [0.25, 0.3) is 5.56 Å². The number of aromatic amines is 1. The first-order chi connectivity index (χ1) is 13.5. The molecule has 1 N–H and O–H groups in total. The third kappa shape index (κ3) is 3.34. The summed E-state index contributed by atoms with van der Waals surface area (Å²) in [6.45, 7) is 0.515. The number of ether oxygens (including phenoxy) is 1. The fraction of sp³-hybridized carbons (Fsp3) is 0.190. The van der Waals surface area contributed by atoms with Crippen molar-refractivity contribution in [2.24, 2.45) is 14.1 Å². The summed E-state index contributed by atoms with van der Waals surface area (Å²) in [6, 6.07) is 17.7. The lowest BCUT2D eigenvalue weighted by atomic mass is 10.1. The van der Waals surface area contributed by atoms with Gasteiger partial charge < -0.3 is 9.72 Å². The zero-order valence-corrected chi connectivity index (χ0v) is 15.7. The first kappa shape index (κ1) is 17.8. The summed E-state index contributed by atoms with van der Waals surface area (Å²) in [7, 11) is 3.06. The van der Waals surface area contributed by atoms with E-state index >= 15 is 0 Å². The average molecular weight is 376 g/mol. The zero-order chi connectivity index (χ0) is 19.7. The van der Waals surface area contributed by atoms with Crippen LogP contribution in [-0.4, -0.2) is 19.1 Å². The molecular formula is C21H20N4O3. The summed E-state index contributed by atoms with van der Waals surface area (Å²) in [6.07, 6.45) is 0.519. The highest BCUT2D eigenvalue weighted by Gasteiger charge is 2.13. The molecule has 0 aliphatic heterocycles. The van der Waals surface area contributed by atoms with E-state index in [0.29, 0.717) is 30.0 Å². The summed E-state index contributed by atoms with van der Waals surface area (Å²) in [5.41, 5.74) is 2.07. The average Bonchev–Trinajstić information content (AvgIpc) is 3.15. The first-order valence-electron chi connectivity index (χ1n) is 8.93. The number of H-pyrrole nitrogens is 1. The van der Waals surface area contributed by atoms with E-state index in [1.54, 1.807) is 7.05 Å². The van der Waals surface area contributed by atoms with Gasteiger partial charge >= 0.3 is 5.69 Å². The van der Waals surface area contributed by atoms with Crippen molar-refractivity contribution in [3.8, 4) is 5.75 Å². The molecule has 4 rings (SSSR count). The standard InChI is InChI=1S/C21H20N4O3/c1-24-19-18(20(26)25(2)21(24)27)22-17(23-19)12-14-8-10-16(11-9-14)28-13-15-6-4-3-5-7-15/h3-11H,12-13H2,1-2H3,(H,22,23). The molecule has 2 heterocycles. The minimum atomic E-state index is -0.393. The number of nitrogens with zero attached hydrogens (tertiary/aromatic N) is 3. The summed E-state index contributed by atoms with van der Waals surface area (Å²) < 4.78 is 8.24. The topological polar surface area (TPSA) is 81.9 Å². The SMILES string of the molecule is Cn1c(=O)c2[nH]c(Cc3ccc(OCc4ccccc4)cc3)nc2n(C)c1=O. The lowest BCUT2D eigenvalue weighted by Crippen LogP contribution is -2.36. The molecule has 0 spiro atoms. The molecule has 0 amide bonds. The van der Waals surface area contributed by atoms with Gasteiger partial charge in [-0.25, -0.2) is 9.78 Å². The van der Waals surface area contributed by atoms with Crippen molar-refractivity contribution in [2.45, 2.75) is 13.0 Å². The van der Waals surface area contributed by atoms with E-state index in [4.69, 9.17) is 4.74 Å². The maximum absolute atomic E-state index is 12.3. The fourth-order valence-corrected chi connectivity index (χ4v) is 3.10. The third-order valence-electron chi connectivity index (χ3n) is 4.69. The van der Waals surface area contributed by atoms with Crippen LogP contribution in [0, 0.1) is 0 Å². The van der Waals surface area contributed by atoms with E-state index in [1.165, 1.54) is 11.6 Å². The Labute approximate surface area is 160 Å². The minimum absolute atomic E-state index is 0.336. The Bertz CT molecular complexity index is 1240. The first-order valence-corrected chi connectivity index (χ1v) is 8.93. The van der Waals surface area contributed by atoms with Crippen LogP contribution in [0.15, 0.2) is 64.2 Å². The molecule has 142 valence electrons. The van der Waals surface area contributed by atoms with E-state index in [9.17, 15) is 9.59 Å². The lowest BCUT2D eigenvalue weighted by Gasteiger charge is -2.07. The number of imidazole rings is 1. The third-order valence-corrected chi connectivity index (χ3v) is 4.69. The van der Waals surface area contributed by atoms with Crippen LogP contribution in [0.5, 0.6) is 5.75 Å². The van der Waals surface area contributed by atoms with Crippen LogP contribution in [0.1, 0.15) is 17.0 Å². The van der Waals surface area contributed by atoms with Gasteiger partial charge in [-0.2, -0.15) is 0 Å². The summed E-state index contributed by atoms with van der Waals surface area (Å²) >= 11 is 0. The summed E-state index contributed by atoms with van der Waals surface area (Å²) in [4.78, 5) is 31.8. The molecule has 0 saturated heterocycles. The van der Waals surface area contributed by atoms with Crippen molar-refractivity contribution < 1.29 is 4.74 Å². The fourth-order valence-electron chi connectivity index (χ4n) is 3.10. The van der Waals surface area contributed by atoms with E-state index in [-0.39, 0.29) is 5.56 Å². The number of rotatable bonds is 5. The van der Waals surface area contributed by atoms with Gasteiger partial charge in [-0.1, -0.05) is 42.5 Å². The minimum Gasteiger partial charge on any atom is -0.489 e. The Morgan fingerprint density at radius 1 is 0.929 bits per heavy atom. The highest BCUT2D eigenvalue weighted by atomic mass is 16.5. The summed E-state index contributed by atoms with van der Waals surface area (Å²) in [5, 5.41) is 0. The molecule has 0 unspecified atom stereocenters. The molecule has 0 radical (unpaired) electrons. The van der Waals surface area contributed by atoms with Gasteiger partial charge in [0, 0.05) is 20.5 Å². The molecule has 0 aliphatic carbocycles. The molecule has 4 aromatic rings.